The number of unbranched alkanes of at least 4 members (excludes halogenated alkanes) is 2. The van der Waals surface area contributed by atoms with Crippen LogP contribution in [0.25, 0.3) is 11.1 Å². The molecule has 0 atom stereocenters. The number of amides is 1. The number of rotatable bonds is 15. The number of nitrogens with zero attached hydrogens (tertiary/aromatic N) is 3. The highest BCUT2D eigenvalue weighted by molar-refractivity contribution is 5.75. The van der Waals surface area contributed by atoms with E-state index >= 15 is 0 Å². The first-order valence-electron chi connectivity index (χ1n) is 12.7. The van der Waals surface area contributed by atoms with Gasteiger partial charge in [-0.1, -0.05) is 24.3 Å². The Morgan fingerprint density at radius 3 is 2.18 bits per heavy atom. The normalized spacial score (nSPS) is 10.6. The van der Waals surface area contributed by atoms with Crippen LogP contribution in [0.1, 0.15) is 47.3 Å². The summed E-state index contributed by atoms with van der Waals surface area (Å²) in [7, 11) is 0. The molecule has 8 nitrogen and oxygen atoms in total. The van der Waals surface area contributed by atoms with E-state index in [9.17, 15) is 10.1 Å². The van der Waals surface area contributed by atoms with Gasteiger partial charge < -0.3 is 24.5 Å². The van der Waals surface area contributed by atoms with Crippen LogP contribution in [-0.2, 0) is 20.8 Å². The molecule has 0 saturated heterocycles. The summed E-state index contributed by atoms with van der Waals surface area (Å²) in [5, 5.41) is 18.9. The van der Waals surface area contributed by atoms with Crippen LogP contribution in [0, 0.1) is 36.5 Å². The van der Waals surface area contributed by atoms with E-state index in [4.69, 9.17) is 25.2 Å². The van der Waals surface area contributed by atoms with Crippen LogP contribution in [0.4, 0.5) is 0 Å². The van der Waals surface area contributed by atoms with E-state index in [-0.39, 0.29) is 6.61 Å². The summed E-state index contributed by atoms with van der Waals surface area (Å²) in [6.07, 6.45) is 2.86. The monoisotopic (exact) mass is 514 g/mol. The number of nitrogens with two attached hydrogens (primary N) is 1. The minimum absolute atomic E-state index is 0.0732. The maximum Gasteiger partial charge on any atom is 0.243 e. The number of hydrogen-bond acceptors (Lipinski definition) is 6. The average Bonchev–Trinajstić information content (AvgIpc) is 3.16. The lowest BCUT2D eigenvalue weighted by Crippen LogP contribution is -2.19. The fourth-order valence-electron chi connectivity index (χ4n) is 4.26. The largest absolute Gasteiger partial charge is 0.494 e. The minimum Gasteiger partial charge on any atom is -0.494 e. The van der Waals surface area contributed by atoms with Crippen molar-refractivity contribution >= 4 is 5.91 Å². The molecule has 0 fully saturated rings. The van der Waals surface area contributed by atoms with Crippen molar-refractivity contribution in [3.8, 4) is 29.0 Å². The number of carbonyl (C=O) groups is 1. The molecule has 0 radical (unpaired) electrons. The first kappa shape index (κ1) is 28.5. The highest BCUT2D eigenvalue weighted by Crippen LogP contribution is 2.32. The molecule has 0 aliphatic rings. The molecule has 0 aliphatic carbocycles. The Kier molecular flexibility index (Phi) is 10.9. The van der Waals surface area contributed by atoms with Crippen LogP contribution in [0.3, 0.4) is 0 Å². The number of hydrogen-bond donors (Lipinski definition) is 1. The standard InChI is InChI=1S/C30H34N4O4/c1-22-28(19-32)30(26-10-6-24(18-31)7-11-26)23(2)34(22)20-25-8-12-27(13-9-25)38-15-5-3-4-14-36-16-17-37-21-29(33)35/h6-13H,3-5,14-17,20-21H2,1-2H3,(H2,33,35). The second-order valence-electron chi connectivity index (χ2n) is 8.99. The molecular weight excluding hydrogens is 480 g/mol. The highest BCUT2D eigenvalue weighted by atomic mass is 16.5. The maximum absolute atomic E-state index is 10.6. The lowest BCUT2D eigenvalue weighted by molar-refractivity contribution is -0.123. The molecular formula is C30H34N4O4. The van der Waals surface area contributed by atoms with Gasteiger partial charge in [-0.05, 0) is 68.5 Å². The Labute approximate surface area is 224 Å². The van der Waals surface area contributed by atoms with E-state index in [1.54, 1.807) is 12.1 Å². The van der Waals surface area contributed by atoms with Crippen molar-refractivity contribution < 1.29 is 19.0 Å². The van der Waals surface area contributed by atoms with Gasteiger partial charge in [0, 0.05) is 30.1 Å². The Morgan fingerprint density at radius 1 is 0.842 bits per heavy atom. The molecule has 3 rings (SSSR count). The second kappa shape index (κ2) is 14.6. The molecule has 0 spiro atoms. The Hall–Kier alpha value is -4.11. The fourth-order valence-corrected chi connectivity index (χ4v) is 4.26. The Bertz CT molecular complexity index is 1280. The van der Waals surface area contributed by atoms with Gasteiger partial charge in [0.1, 0.15) is 18.4 Å². The van der Waals surface area contributed by atoms with Crippen molar-refractivity contribution in [3.63, 3.8) is 0 Å². The van der Waals surface area contributed by atoms with E-state index in [0.29, 0.717) is 44.1 Å². The maximum atomic E-state index is 10.6. The second-order valence-corrected chi connectivity index (χ2v) is 8.99. The summed E-state index contributed by atoms with van der Waals surface area (Å²) in [5.41, 5.74) is 11.2. The minimum atomic E-state index is -0.477. The molecule has 0 unspecified atom stereocenters. The summed E-state index contributed by atoms with van der Waals surface area (Å²) >= 11 is 0. The molecule has 0 bridgehead atoms. The Balaban J connectivity index is 1.47. The van der Waals surface area contributed by atoms with Crippen LogP contribution in [0.15, 0.2) is 48.5 Å². The summed E-state index contributed by atoms with van der Waals surface area (Å²) < 4.78 is 18.5. The third kappa shape index (κ3) is 7.94. The zero-order valence-electron chi connectivity index (χ0n) is 22.0. The lowest BCUT2D eigenvalue weighted by Gasteiger charge is -2.11. The zero-order valence-corrected chi connectivity index (χ0v) is 22.0. The van der Waals surface area contributed by atoms with Gasteiger partial charge in [-0.2, -0.15) is 10.5 Å². The van der Waals surface area contributed by atoms with Gasteiger partial charge >= 0.3 is 0 Å². The predicted octanol–water partition coefficient (Wildman–Crippen LogP) is 4.63. The number of carbonyl (C=O) groups excluding carboxylic acids is 1. The summed E-state index contributed by atoms with van der Waals surface area (Å²) in [4.78, 5) is 10.6. The van der Waals surface area contributed by atoms with E-state index in [0.717, 1.165) is 53.1 Å². The quantitative estimate of drug-likeness (QED) is 0.295. The zero-order chi connectivity index (χ0) is 27.3. The first-order chi connectivity index (χ1) is 18.4. The molecule has 2 N–H and O–H groups in total. The number of primary amides is 1. The number of benzene rings is 2. The van der Waals surface area contributed by atoms with Crippen molar-refractivity contribution in [1.82, 2.24) is 4.57 Å². The van der Waals surface area contributed by atoms with E-state index in [2.05, 4.69) is 28.8 Å². The molecule has 8 heteroatoms. The van der Waals surface area contributed by atoms with Crippen molar-refractivity contribution in [3.05, 3.63) is 76.6 Å². The number of aromatic nitrogens is 1. The van der Waals surface area contributed by atoms with Gasteiger partial charge in [0.15, 0.2) is 0 Å². The van der Waals surface area contributed by atoms with Crippen LogP contribution < -0.4 is 10.5 Å². The van der Waals surface area contributed by atoms with Crippen LogP contribution >= 0.6 is 0 Å². The van der Waals surface area contributed by atoms with Gasteiger partial charge in [-0.3, -0.25) is 4.79 Å². The topological polar surface area (TPSA) is 123 Å². The summed E-state index contributed by atoms with van der Waals surface area (Å²) in [6.45, 7) is 6.67. The van der Waals surface area contributed by atoms with E-state index < -0.39 is 5.91 Å². The summed E-state index contributed by atoms with van der Waals surface area (Å²) in [6, 6.07) is 19.9. The number of nitriles is 2. The van der Waals surface area contributed by atoms with Crippen LogP contribution in [-0.4, -0.2) is 43.5 Å². The molecule has 198 valence electrons. The molecule has 0 aliphatic heterocycles. The molecule has 3 aromatic rings. The molecule has 0 saturated carbocycles. The highest BCUT2D eigenvalue weighted by Gasteiger charge is 2.19. The van der Waals surface area contributed by atoms with Crippen LogP contribution in [0.2, 0.25) is 0 Å². The van der Waals surface area contributed by atoms with Gasteiger partial charge in [0.05, 0.1) is 37.0 Å². The van der Waals surface area contributed by atoms with Gasteiger partial charge in [0.25, 0.3) is 0 Å². The van der Waals surface area contributed by atoms with E-state index in [1.807, 2.05) is 38.1 Å². The van der Waals surface area contributed by atoms with Crippen LogP contribution in [0.5, 0.6) is 5.75 Å². The average molecular weight is 515 g/mol. The van der Waals surface area contributed by atoms with E-state index in [1.165, 1.54) is 0 Å². The number of ether oxygens (including phenoxy) is 3. The molecule has 1 aromatic heterocycles. The third-order valence-electron chi connectivity index (χ3n) is 6.28. The lowest BCUT2D eigenvalue weighted by atomic mass is 10.0. The molecule has 38 heavy (non-hydrogen) atoms. The SMILES string of the molecule is Cc1c(C#N)c(-c2ccc(C#N)cc2)c(C)n1Cc1ccc(OCCCCCOCCOCC(N)=O)cc1. The Morgan fingerprint density at radius 2 is 1.53 bits per heavy atom. The van der Waals surface area contributed by atoms with Crippen molar-refractivity contribution in [2.45, 2.75) is 39.7 Å². The van der Waals surface area contributed by atoms with Crippen molar-refractivity contribution in [2.24, 2.45) is 5.73 Å². The predicted molar refractivity (Wildman–Crippen MR) is 144 cm³/mol. The van der Waals surface area contributed by atoms with Crippen molar-refractivity contribution in [2.75, 3.05) is 33.0 Å². The molecule has 1 amide bonds. The third-order valence-corrected chi connectivity index (χ3v) is 6.28. The van der Waals surface area contributed by atoms with Gasteiger partial charge in [-0.15, -0.1) is 0 Å². The fraction of sp³-hybridized carbons (Fsp3) is 0.367. The van der Waals surface area contributed by atoms with Crippen molar-refractivity contribution in [1.29, 1.82) is 10.5 Å². The molecule has 2 aromatic carbocycles. The first-order valence-corrected chi connectivity index (χ1v) is 12.7. The smallest absolute Gasteiger partial charge is 0.243 e. The molecule has 1 heterocycles. The van der Waals surface area contributed by atoms with Gasteiger partial charge in [-0.25, -0.2) is 0 Å². The van der Waals surface area contributed by atoms with Gasteiger partial charge in [0.2, 0.25) is 5.91 Å². The summed E-state index contributed by atoms with van der Waals surface area (Å²) in [5.74, 6) is 0.350.